The minimum absolute atomic E-state index is 0.425. The van der Waals surface area contributed by atoms with Crippen LogP contribution in [0.3, 0.4) is 0 Å². The highest BCUT2D eigenvalue weighted by Gasteiger charge is 2.12. The lowest BCUT2D eigenvalue weighted by atomic mass is 9.93. The third-order valence-electron chi connectivity index (χ3n) is 3.42. The minimum atomic E-state index is -0.425. The van der Waals surface area contributed by atoms with Crippen molar-refractivity contribution in [1.29, 1.82) is 0 Å². The van der Waals surface area contributed by atoms with Crippen molar-refractivity contribution >= 4 is 0 Å². The van der Waals surface area contributed by atoms with Gasteiger partial charge in [0.05, 0.1) is 6.10 Å². The quantitative estimate of drug-likeness (QED) is 0.863. The van der Waals surface area contributed by atoms with E-state index >= 15 is 0 Å². The van der Waals surface area contributed by atoms with Crippen LogP contribution < -0.4 is 0 Å². The highest BCUT2D eigenvalue weighted by atomic mass is 16.3. The maximum Gasteiger partial charge on any atom is 0.0830 e. The van der Waals surface area contributed by atoms with Gasteiger partial charge >= 0.3 is 0 Å². The van der Waals surface area contributed by atoms with E-state index in [4.69, 9.17) is 0 Å². The van der Waals surface area contributed by atoms with E-state index in [1.54, 1.807) is 0 Å². The van der Waals surface area contributed by atoms with Gasteiger partial charge in [0.2, 0.25) is 0 Å². The number of rotatable bonds is 3. The molecule has 0 bridgehead atoms. The molecule has 94 valence electrons. The van der Waals surface area contributed by atoms with Crippen LogP contribution in [-0.4, -0.2) is 5.11 Å². The predicted molar refractivity (Wildman–Crippen MR) is 75.8 cm³/mol. The Kier molecular flexibility index (Phi) is 3.83. The lowest BCUT2D eigenvalue weighted by Gasteiger charge is -2.16. The van der Waals surface area contributed by atoms with E-state index in [0.29, 0.717) is 6.42 Å². The van der Waals surface area contributed by atoms with E-state index in [2.05, 4.69) is 32.9 Å². The van der Waals surface area contributed by atoms with Gasteiger partial charge in [-0.15, -0.1) is 0 Å². The standard InChI is InChI=1S/C17H20O/c1-12-9-13(2)16(14(3)10-12)11-17(18)15-7-5-4-6-8-15/h4-10,17-18H,11H2,1-3H3/t17-/m0/s1. The molecule has 0 spiro atoms. The van der Waals surface area contributed by atoms with Crippen LogP contribution in [-0.2, 0) is 6.42 Å². The Balaban J connectivity index is 2.25. The molecular weight excluding hydrogens is 220 g/mol. The third-order valence-corrected chi connectivity index (χ3v) is 3.42. The largest absolute Gasteiger partial charge is 0.388 e. The number of aliphatic hydroxyl groups excluding tert-OH is 1. The monoisotopic (exact) mass is 240 g/mol. The van der Waals surface area contributed by atoms with Crippen LogP contribution in [0.25, 0.3) is 0 Å². The van der Waals surface area contributed by atoms with Crippen LogP contribution in [0.1, 0.15) is 33.9 Å². The van der Waals surface area contributed by atoms with Crippen molar-refractivity contribution < 1.29 is 5.11 Å². The highest BCUT2D eigenvalue weighted by molar-refractivity contribution is 5.38. The fraction of sp³-hybridized carbons (Fsp3) is 0.294. The zero-order chi connectivity index (χ0) is 13.1. The summed E-state index contributed by atoms with van der Waals surface area (Å²) >= 11 is 0. The maximum absolute atomic E-state index is 10.3. The first-order valence-corrected chi connectivity index (χ1v) is 6.37. The van der Waals surface area contributed by atoms with Gasteiger partial charge in [-0.1, -0.05) is 48.0 Å². The van der Waals surface area contributed by atoms with Gasteiger partial charge in [-0.05, 0) is 43.0 Å². The molecule has 18 heavy (non-hydrogen) atoms. The molecule has 0 aliphatic carbocycles. The van der Waals surface area contributed by atoms with Crippen molar-refractivity contribution in [1.82, 2.24) is 0 Å². The lowest BCUT2D eigenvalue weighted by molar-refractivity contribution is 0.178. The minimum Gasteiger partial charge on any atom is -0.388 e. The van der Waals surface area contributed by atoms with Gasteiger partial charge < -0.3 is 5.11 Å². The summed E-state index contributed by atoms with van der Waals surface area (Å²) in [6.45, 7) is 6.34. The SMILES string of the molecule is Cc1cc(C)c(C[C@H](O)c2ccccc2)c(C)c1. The fourth-order valence-electron chi connectivity index (χ4n) is 2.52. The van der Waals surface area contributed by atoms with Crippen molar-refractivity contribution in [3.05, 3.63) is 70.3 Å². The molecule has 0 radical (unpaired) electrons. The zero-order valence-electron chi connectivity index (χ0n) is 11.3. The number of hydrogen-bond donors (Lipinski definition) is 1. The molecule has 2 rings (SSSR count). The summed E-state index contributed by atoms with van der Waals surface area (Å²) in [5.41, 5.74) is 6.06. The van der Waals surface area contributed by atoms with Crippen LogP contribution >= 0.6 is 0 Å². The van der Waals surface area contributed by atoms with Crippen LogP contribution in [0, 0.1) is 20.8 Å². The maximum atomic E-state index is 10.3. The van der Waals surface area contributed by atoms with Crippen molar-refractivity contribution in [3.8, 4) is 0 Å². The second-order valence-corrected chi connectivity index (χ2v) is 5.01. The first-order valence-electron chi connectivity index (χ1n) is 6.37. The first-order chi connectivity index (χ1) is 8.58. The summed E-state index contributed by atoms with van der Waals surface area (Å²) in [7, 11) is 0. The van der Waals surface area contributed by atoms with E-state index in [1.807, 2.05) is 30.3 Å². The molecule has 0 saturated heterocycles. The molecular formula is C17H20O. The van der Waals surface area contributed by atoms with E-state index in [0.717, 1.165) is 5.56 Å². The average Bonchev–Trinajstić information content (AvgIpc) is 2.34. The predicted octanol–water partition coefficient (Wildman–Crippen LogP) is 3.89. The number of aryl methyl sites for hydroxylation is 3. The van der Waals surface area contributed by atoms with Crippen LogP contribution in [0.4, 0.5) is 0 Å². The van der Waals surface area contributed by atoms with Crippen molar-refractivity contribution in [2.24, 2.45) is 0 Å². The Bertz CT molecular complexity index is 506. The lowest BCUT2D eigenvalue weighted by Crippen LogP contribution is -2.05. The first kappa shape index (κ1) is 12.8. The summed E-state index contributed by atoms with van der Waals surface area (Å²) in [5.74, 6) is 0. The van der Waals surface area contributed by atoms with Crippen molar-refractivity contribution in [2.75, 3.05) is 0 Å². The van der Waals surface area contributed by atoms with Gasteiger partial charge in [-0.2, -0.15) is 0 Å². The number of aliphatic hydroxyl groups is 1. The molecule has 0 aromatic heterocycles. The molecule has 0 saturated carbocycles. The van der Waals surface area contributed by atoms with E-state index < -0.39 is 6.10 Å². The fourth-order valence-corrected chi connectivity index (χ4v) is 2.52. The summed E-state index contributed by atoms with van der Waals surface area (Å²) in [6, 6.07) is 14.2. The molecule has 0 aliphatic heterocycles. The van der Waals surface area contributed by atoms with Gasteiger partial charge in [0.25, 0.3) is 0 Å². The van der Waals surface area contributed by atoms with Crippen molar-refractivity contribution in [2.45, 2.75) is 33.3 Å². The van der Waals surface area contributed by atoms with Gasteiger partial charge in [-0.25, -0.2) is 0 Å². The van der Waals surface area contributed by atoms with E-state index in [-0.39, 0.29) is 0 Å². The molecule has 2 aromatic carbocycles. The van der Waals surface area contributed by atoms with Gasteiger partial charge in [-0.3, -0.25) is 0 Å². The summed E-state index contributed by atoms with van der Waals surface area (Å²) in [4.78, 5) is 0. The summed E-state index contributed by atoms with van der Waals surface area (Å²) in [6.07, 6.45) is 0.258. The molecule has 0 aliphatic rings. The second kappa shape index (κ2) is 5.36. The average molecular weight is 240 g/mol. The molecule has 0 unspecified atom stereocenters. The Morgan fingerprint density at radius 1 is 0.944 bits per heavy atom. The normalized spacial score (nSPS) is 12.4. The molecule has 1 heteroatoms. The molecule has 0 amide bonds. The van der Waals surface area contributed by atoms with Crippen LogP contribution in [0.2, 0.25) is 0 Å². The van der Waals surface area contributed by atoms with Gasteiger partial charge in [0.15, 0.2) is 0 Å². The van der Waals surface area contributed by atoms with Gasteiger partial charge in [0, 0.05) is 6.42 Å². The molecule has 0 fully saturated rings. The van der Waals surface area contributed by atoms with Gasteiger partial charge in [0.1, 0.15) is 0 Å². The second-order valence-electron chi connectivity index (χ2n) is 5.01. The van der Waals surface area contributed by atoms with E-state index in [9.17, 15) is 5.11 Å². The third kappa shape index (κ3) is 2.80. The molecule has 1 N–H and O–H groups in total. The topological polar surface area (TPSA) is 20.2 Å². The van der Waals surface area contributed by atoms with Crippen LogP contribution in [0.5, 0.6) is 0 Å². The summed E-state index contributed by atoms with van der Waals surface area (Å²) < 4.78 is 0. The highest BCUT2D eigenvalue weighted by Crippen LogP contribution is 2.23. The van der Waals surface area contributed by atoms with Crippen molar-refractivity contribution in [3.63, 3.8) is 0 Å². The molecule has 2 aromatic rings. The zero-order valence-corrected chi connectivity index (χ0v) is 11.3. The van der Waals surface area contributed by atoms with Crippen LogP contribution in [0.15, 0.2) is 42.5 Å². The Labute approximate surface area is 109 Å². The molecule has 1 nitrogen and oxygen atoms in total. The summed E-state index contributed by atoms with van der Waals surface area (Å²) in [5, 5.41) is 10.3. The number of benzene rings is 2. The Morgan fingerprint density at radius 2 is 1.50 bits per heavy atom. The smallest absolute Gasteiger partial charge is 0.0830 e. The molecule has 0 heterocycles. The Hall–Kier alpha value is -1.60. The Morgan fingerprint density at radius 3 is 2.06 bits per heavy atom. The van der Waals surface area contributed by atoms with E-state index in [1.165, 1.54) is 22.3 Å². The molecule has 1 atom stereocenters. The number of hydrogen-bond acceptors (Lipinski definition) is 1.